The minimum absolute atomic E-state index is 0.132. The van der Waals surface area contributed by atoms with Crippen LogP contribution in [0, 0.1) is 6.92 Å². The number of unbranched alkanes of at least 4 members (excludes halogenated alkanes) is 2. The summed E-state index contributed by atoms with van der Waals surface area (Å²) in [7, 11) is 0. The number of ether oxygens (including phenoxy) is 1. The molecule has 1 fully saturated rings. The van der Waals surface area contributed by atoms with E-state index in [0.29, 0.717) is 18.2 Å². The van der Waals surface area contributed by atoms with Gasteiger partial charge in [0.15, 0.2) is 0 Å². The van der Waals surface area contributed by atoms with Gasteiger partial charge in [0.2, 0.25) is 5.95 Å². The van der Waals surface area contributed by atoms with E-state index in [1.807, 2.05) is 6.92 Å². The van der Waals surface area contributed by atoms with Crippen LogP contribution >= 0.6 is 0 Å². The van der Waals surface area contributed by atoms with Crippen LogP contribution in [0.15, 0.2) is 6.07 Å². The summed E-state index contributed by atoms with van der Waals surface area (Å²) < 4.78 is 5.34. The van der Waals surface area contributed by atoms with Crippen molar-refractivity contribution >= 4 is 11.9 Å². The third kappa shape index (κ3) is 6.41. The molecule has 1 saturated heterocycles. The highest BCUT2D eigenvalue weighted by Gasteiger charge is 2.12. The van der Waals surface area contributed by atoms with E-state index in [2.05, 4.69) is 32.4 Å². The molecule has 0 bridgehead atoms. The quantitative estimate of drug-likeness (QED) is 0.665. The molecule has 1 aromatic rings. The Morgan fingerprint density at radius 2 is 2.04 bits per heavy atom. The van der Waals surface area contributed by atoms with Crippen molar-refractivity contribution in [2.45, 2.75) is 33.1 Å². The first-order valence-electron chi connectivity index (χ1n) is 8.87. The Hall–Kier alpha value is -1.73. The number of carbonyl (C=O) groups excluding carboxylic acids is 1. The standard InChI is InChI=1S/C17H29N5O2/c1-3-4-5-6-18-16(23)15-13-14(2)20-17(21-15)19-7-8-22-9-11-24-12-10-22/h13H,3-12H2,1-2H3,(H,18,23)(H,19,20,21). The van der Waals surface area contributed by atoms with Crippen LogP contribution in [-0.2, 0) is 4.74 Å². The van der Waals surface area contributed by atoms with Crippen LogP contribution in [-0.4, -0.2) is 66.7 Å². The number of hydrogen-bond acceptors (Lipinski definition) is 6. The SMILES string of the molecule is CCCCCNC(=O)c1cc(C)nc(NCCN2CCOCC2)n1. The highest BCUT2D eigenvalue weighted by molar-refractivity contribution is 5.92. The van der Waals surface area contributed by atoms with Gasteiger partial charge in [0.25, 0.3) is 5.91 Å². The van der Waals surface area contributed by atoms with Crippen LogP contribution in [0.5, 0.6) is 0 Å². The topological polar surface area (TPSA) is 79.4 Å². The molecule has 1 aliphatic rings. The van der Waals surface area contributed by atoms with Crippen LogP contribution < -0.4 is 10.6 Å². The van der Waals surface area contributed by atoms with E-state index < -0.39 is 0 Å². The summed E-state index contributed by atoms with van der Waals surface area (Å²) in [5, 5.41) is 6.14. The van der Waals surface area contributed by atoms with E-state index in [-0.39, 0.29) is 5.91 Å². The molecule has 0 atom stereocenters. The van der Waals surface area contributed by atoms with Crippen molar-refractivity contribution < 1.29 is 9.53 Å². The summed E-state index contributed by atoms with van der Waals surface area (Å²) in [5.41, 5.74) is 1.21. The van der Waals surface area contributed by atoms with Gasteiger partial charge < -0.3 is 15.4 Å². The maximum atomic E-state index is 12.2. The maximum Gasteiger partial charge on any atom is 0.270 e. The predicted molar refractivity (Wildman–Crippen MR) is 94.4 cm³/mol. The fourth-order valence-corrected chi connectivity index (χ4v) is 2.58. The van der Waals surface area contributed by atoms with E-state index in [0.717, 1.165) is 64.3 Å². The zero-order valence-electron chi connectivity index (χ0n) is 14.8. The Balaban J connectivity index is 1.82. The second kappa shape index (κ2) is 10.2. The van der Waals surface area contributed by atoms with E-state index >= 15 is 0 Å². The highest BCUT2D eigenvalue weighted by atomic mass is 16.5. The van der Waals surface area contributed by atoms with Gasteiger partial charge in [-0.05, 0) is 19.4 Å². The van der Waals surface area contributed by atoms with E-state index in [1.165, 1.54) is 0 Å². The van der Waals surface area contributed by atoms with Gasteiger partial charge >= 0.3 is 0 Å². The number of aryl methyl sites for hydroxylation is 1. The summed E-state index contributed by atoms with van der Waals surface area (Å²) in [6, 6.07) is 1.72. The van der Waals surface area contributed by atoms with Crippen molar-refractivity contribution in [1.82, 2.24) is 20.2 Å². The second-order valence-corrected chi connectivity index (χ2v) is 6.06. The first-order chi connectivity index (χ1) is 11.7. The Kier molecular flexibility index (Phi) is 7.91. The molecule has 24 heavy (non-hydrogen) atoms. The van der Waals surface area contributed by atoms with Gasteiger partial charge in [-0.2, -0.15) is 0 Å². The van der Waals surface area contributed by atoms with Gasteiger partial charge in [-0.3, -0.25) is 9.69 Å². The second-order valence-electron chi connectivity index (χ2n) is 6.06. The average Bonchev–Trinajstić information content (AvgIpc) is 2.59. The predicted octanol–water partition coefficient (Wildman–Crippen LogP) is 1.45. The van der Waals surface area contributed by atoms with Crippen molar-refractivity contribution in [3.63, 3.8) is 0 Å². The first-order valence-corrected chi connectivity index (χ1v) is 8.87. The van der Waals surface area contributed by atoms with Crippen LogP contribution in [0.1, 0.15) is 42.4 Å². The Labute approximate surface area is 144 Å². The van der Waals surface area contributed by atoms with Crippen molar-refractivity contribution in [3.8, 4) is 0 Å². The van der Waals surface area contributed by atoms with Crippen molar-refractivity contribution in [2.24, 2.45) is 0 Å². The van der Waals surface area contributed by atoms with Crippen LogP contribution in [0.4, 0.5) is 5.95 Å². The molecule has 0 spiro atoms. The van der Waals surface area contributed by atoms with E-state index in [4.69, 9.17) is 4.74 Å². The number of morpholine rings is 1. The van der Waals surface area contributed by atoms with Crippen molar-refractivity contribution in [1.29, 1.82) is 0 Å². The summed E-state index contributed by atoms with van der Waals surface area (Å²) in [5.74, 6) is 0.384. The lowest BCUT2D eigenvalue weighted by Gasteiger charge is -2.26. The number of nitrogens with one attached hydrogen (secondary N) is 2. The highest BCUT2D eigenvalue weighted by Crippen LogP contribution is 2.05. The lowest BCUT2D eigenvalue weighted by molar-refractivity contribution is 0.0398. The molecule has 1 aliphatic heterocycles. The number of hydrogen-bond donors (Lipinski definition) is 2. The minimum atomic E-state index is -0.132. The summed E-state index contributed by atoms with van der Waals surface area (Å²) in [6.07, 6.45) is 3.26. The Bertz CT molecular complexity index is 518. The molecule has 7 nitrogen and oxygen atoms in total. The molecule has 0 aromatic carbocycles. The summed E-state index contributed by atoms with van der Waals surface area (Å²) in [4.78, 5) is 23.2. The van der Waals surface area contributed by atoms with Crippen molar-refractivity contribution in [3.05, 3.63) is 17.5 Å². The van der Waals surface area contributed by atoms with Crippen LogP contribution in [0.25, 0.3) is 0 Å². The van der Waals surface area contributed by atoms with Crippen molar-refractivity contribution in [2.75, 3.05) is 51.3 Å². The third-order valence-corrected chi connectivity index (χ3v) is 3.97. The normalized spacial score (nSPS) is 15.2. The van der Waals surface area contributed by atoms with Gasteiger partial charge in [0, 0.05) is 38.4 Å². The van der Waals surface area contributed by atoms with Gasteiger partial charge in [-0.1, -0.05) is 19.8 Å². The number of amides is 1. The smallest absolute Gasteiger partial charge is 0.270 e. The summed E-state index contributed by atoms with van der Waals surface area (Å²) >= 11 is 0. The Morgan fingerprint density at radius 1 is 1.25 bits per heavy atom. The Morgan fingerprint density at radius 3 is 2.79 bits per heavy atom. The van der Waals surface area contributed by atoms with Crippen LogP contribution in [0.2, 0.25) is 0 Å². The largest absolute Gasteiger partial charge is 0.379 e. The zero-order valence-corrected chi connectivity index (χ0v) is 14.8. The zero-order chi connectivity index (χ0) is 17.2. The molecule has 7 heteroatoms. The molecular formula is C17H29N5O2. The van der Waals surface area contributed by atoms with E-state index in [9.17, 15) is 4.79 Å². The van der Waals surface area contributed by atoms with Gasteiger partial charge in [-0.15, -0.1) is 0 Å². The molecule has 0 unspecified atom stereocenters. The molecule has 2 N–H and O–H groups in total. The molecule has 134 valence electrons. The molecular weight excluding hydrogens is 306 g/mol. The average molecular weight is 335 g/mol. The van der Waals surface area contributed by atoms with Crippen LogP contribution in [0.3, 0.4) is 0 Å². The molecule has 0 radical (unpaired) electrons. The summed E-state index contributed by atoms with van der Waals surface area (Å²) in [6.45, 7) is 9.89. The van der Waals surface area contributed by atoms with Gasteiger partial charge in [0.1, 0.15) is 5.69 Å². The van der Waals surface area contributed by atoms with Gasteiger partial charge in [-0.25, -0.2) is 9.97 Å². The third-order valence-electron chi connectivity index (χ3n) is 3.97. The number of aromatic nitrogens is 2. The lowest BCUT2D eigenvalue weighted by Crippen LogP contribution is -2.39. The molecule has 2 rings (SSSR count). The fourth-order valence-electron chi connectivity index (χ4n) is 2.58. The lowest BCUT2D eigenvalue weighted by atomic mass is 10.2. The molecule has 0 saturated carbocycles. The molecule has 1 aromatic heterocycles. The number of carbonyl (C=O) groups is 1. The van der Waals surface area contributed by atoms with E-state index in [1.54, 1.807) is 6.07 Å². The first kappa shape index (κ1) is 18.6. The number of nitrogens with zero attached hydrogens (tertiary/aromatic N) is 3. The van der Waals surface area contributed by atoms with Gasteiger partial charge in [0.05, 0.1) is 13.2 Å². The number of anilines is 1. The molecule has 0 aliphatic carbocycles. The number of rotatable bonds is 9. The maximum absolute atomic E-state index is 12.2. The minimum Gasteiger partial charge on any atom is -0.379 e. The monoisotopic (exact) mass is 335 g/mol. The molecule has 1 amide bonds. The molecule has 2 heterocycles. The fraction of sp³-hybridized carbons (Fsp3) is 0.706.